The summed E-state index contributed by atoms with van der Waals surface area (Å²) in [5, 5.41) is 5.84. The molecule has 2 aromatic heterocycles. The second-order valence-corrected chi connectivity index (χ2v) is 6.39. The molecule has 0 bridgehead atoms. The number of nitrogens with one attached hydrogen (secondary N) is 2. The molecule has 0 aliphatic carbocycles. The highest BCUT2D eigenvalue weighted by Crippen LogP contribution is 2.22. The maximum Gasteiger partial charge on any atom is 0.260 e. The van der Waals surface area contributed by atoms with E-state index in [1.165, 1.54) is 24.5 Å². The van der Waals surface area contributed by atoms with Crippen LogP contribution in [0.1, 0.15) is 10.4 Å². The van der Waals surface area contributed by atoms with Crippen molar-refractivity contribution in [1.82, 2.24) is 19.5 Å². The van der Waals surface area contributed by atoms with Gasteiger partial charge >= 0.3 is 0 Å². The molecule has 0 spiro atoms. The average Bonchev–Trinajstić information content (AvgIpc) is 3.25. The van der Waals surface area contributed by atoms with Crippen molar-refractivity contribution in [2.45, 2.75) is 0 Å². The Hall–Kier alpha value is -3.78. The Morgan fingerprint density at radius 2 is 1.86 bits per heavy atom. The van der Waals surface area contributed by atoms with E-state index in [0.29, 0.717) is 17.3 Å². The van der Waals surface area contributed by atoms with Crippen LogP contribution in [-0.4, -0.2) is 25.4 Å². The molecule has 7 nitrogen and oxygen atoms in total. The summed E-state index contributed by atoms with van der Waals surface area (Å²) in [5.74, 6) is -0.0235. The predicted octanol–water partition coefficient (Wildman–Crippen LogP) is 4.45. The summed E-state index contributed by atoms with van der Waals surface area (Å²) < 4.78 is 15.6. The third kappa shape index (κ3) is 4.22. The molecule has 0 atom stereocenters. The molecule has 4 rings (SSSR count). The van der Waals surface area contributed by atoms with E-state index in [1.807, 2.05) is 0 Å². The molecule has 0 fully saturated rings. The standard InChI is InChI=1S/C20H14ClFN6O/c21-15-2-1-3-16(22)19(15)20(29)27-14-6-4-13(5-7-14)26-17-10-18(25-11-24-17)28-9-8-23-12-28/h1-12H,(H,27,29)(H,24,25,26). The lowest BCUT2D eigenvalue weighted by Gasteiger charge is -2.10. The second kappa shape index (κ2) is 8.07. The molecule has 0 radical (unpaired) electrons. The first-order valence-corrected chi connectivity index (χ1v) is 8.91. The Morgan fingerprint density at radius 3 is 2.59 bits per heavy atom. The number of hydrogen-bond acceptors (Lipinski definition) is 5. The van der Waals surface area contributed by atoms with Gasteiger partial charge in [-0.2, -0.15) is 0 Å². The second-order valence-electron chi connectivity index (χ2n) is 5.98. The van der Waals surface area contributed by atoms with Crippen molar-refractivity contribution < 1.29 is 9.18 Å². The first-order valence-electron chi connectivity index (χ1n) is 8.53. The van der Waals surface area contributed by atoms with E-state index in [9.17, 15) is 9.18 Å². The van der Waals surface area contributed by atoms with E-state index >= 15 is 0 Å². The Bertz CT molecular complexity index is 1130. The van der Waals surface area contributed by atoms with E-state index in [2.05, 4.69) is 25.6 Å². The maximum absolute atomic E-state index is 13.9. The molecule has 0 saturated heterocycles. The molecule has 2 N–H and O–H groups in total. The number of rotatable bonds is 5. The monoisotopic (exact) mass is 408 g/mol. The number of hydrogen-bond donors (Lipinski definition) is 2. The number of anilines is 3. The fourth-order valence-corrected chi connectivity index (χ4v) is 2.89. The minimum atomic E-state index is -0.675. The molecule has 2 aromatic carbocycles. The Kier molecular flexibility index (Phi) is 5.17. The lowest BCUT2D eigenvalue weighted by molar-refractivity contribution is 0.102. The summed E-state index contributed by atoms with van der Waals surface area (Å²) in [4.78, 5) is 24.7. The summed E-state index contributed by atoms with van der Waals surface area (Å²) in [5.41, 5.74) is 1.06. The lowest BCUT2D eigenvalue weighted by atomic mass is 10.2. The number of halogens is 2. The van der Waals surface area contributed by atoms with Crippen molar-refractivity contribution in [2.24, 2.45) is 0 Å². The molecule has 0 aliphatic rings. The van der Waals surface area contributed by atoms with Gasteiger partial charge in [0.05, 0.1) is 10.6 Å². The molecular formula is C20H14ClFN6O. The van der Waals surface area contributed by atoms with Crippen LogP contribution in [0.25, 0.3) is 5.82 Å². The first kappa shape index (κ1) is 18.6. The van der Waals surface area contributed by atoms with Gasteiger partial charge in [0.15, 0.2) is 0 Å². The average molecular weight is 409 g/mol. The number of carbonyl (C=O) groups is 1. The summed E-state index contributed by atoms with van der Waals surface area (Å²) in [6, 6.07) is 12.8. The largest absolute Gasteiger partial charge is 0.340 e. The van der Waals surface area contributed by atoms with E-state index in [1.54, 1.807) is 53.6 Å². The summed E-state index contributed by atoms with van der Waals surface area (Å²) in [6.07, 6.45) is 6.54. The Morgan fingerprint density at radius 1 is 1.07 bits per heavy atom. The van der Waals surface area contributed by atoms with Crippen molar-refractivity contribution in [2.75, 3.05) is 10.6 Å². The Labute approximate surface area is 170 Å². The third-order valence-corrected chi connectivity index (χ3v) is 4.34. The normalized spacial score (nSPS) is 10.6. The van der Waals surface area contributed by atoms with Crippen LogP contribution in [0.2, 0.25) is 5.02 Å². The van der Waals surface area contributed by atoms with Crippen molar-refractivity contribution in [3.63, 3.8) is 0 Å². The summed E-state index contributed by atoms with van der Waals surface area (Å²) in [6.45, 7) is 0. The molecule has 4 aromatic rings. The number of nitrogens with zero attached hydrogens (tertiary/aromatic N) is 4. The van der Waals surface area contributed by atoms with E-state index in [4.69, 9.17) is 11.6 Å². The number of amides is 1. The SMILES string of the molecule is O=C(Nc1ccc(Nc2cc(-n3ccnc3)ncn2)cc1)c1c(F)cccc1Cl. The van der Waals surface area contributed by atoms with Gasteiger partial charge in [0, 0.05) is 29.8 Å². The molecule has 144 valence electrons. The minimum absolute atomic E-state index is 0.0539. The smallest absolute Gasteiger partial charge is 0.260 e. The number of benzene rings is 2. The zero-order valence-electron chi connectivity index (χ0n) is 14.9. The molecule has 0 aliphatic heterocycles. The van der Waals surface area contributed by atoms with Crippen molar-refractivity contribution >= 4 is 34.7 Å². The first-order chi connectivity index (χ1) is 14.1. The van der Waals surface area contributed by atoms with Crippen LogP contribution in [0.4, 0.5) is 21.6 Å². The van der Waals surface area contributed by atoms with Crippen molar-refractivity contribution in [3.05, 3.63) is 90.0 Å². The van der Waals surface area contributed by atoms with Crippen molar-refractivity contribution in [1.29, 1.82) is 0 Å². The highest BCUT2D eigenvalue weighted by atomic mass is 35.5. The summed E-state index contributed by atoms with van der Waals surface area (Å²) in [7, 11) is 0. The van der Waals surface area contributed by atoms with Gasteiger partial charge in [-0.05, 0) is 36.4 Å². The Balaban J connectivity index is 1.46. The minimum Gasteiger partial charge on any atom is -0.340 e. The highest BCUT2D eigenvalue weighted by Gasteiger charge is 2.15. The summed E-state index contributed by atoms with van der Waals surface area (Å²) >= 11 is 5.93. The van der Waals surface area contributed by atoms with Gasteiger partial charge in [-0.3, -0.25) is 9.36 Å². The predicted molar refractivity (Wildman–Crippen MR) is 108 cm³/mol. The van der Waals surface area contributed by atoms with Crippen molar-refractivity contribution in [3.8, 4) is 5.82 Å². The van der Waals surface area contributed by atoms with Gasteiger partial charge in [0.1, 0.15) is 30.1 Å². The molecule has 29 heavy (non-hydrogen) atoms. The third-order valence-electron chi connectivity index (χ3n) is 4.03. The van der Waals surface area contributed by atoms with Crippen LogP contribution in [0.5, 0.6) is 0 Å². The van der Waals surface area contributed by atoms with Gasteiger partial charge in [0.2, 0.25) is 0 Å². The number of imidazole rings is 1. The van der Waals surface area contributed by atoms with Crippen LogP contribution < -0.4 is 10.6 Å². The topological polar surface area (TPSA) is 84.7 Å². The van der Waals surface area contributed by atoms with E-state index < -0.39 is 11.7 Å². The van der Waals surface area contributed by atoms with Gasteiger partial charge in [-0.1, -0.05) is 17.7 Å². The van der Waals surface area contributed by atoms with Crippen LogP contribution in [0.3, 0.4) is 0 Å². The fraction of sp³-hybridized carbons (Fsp3) is 0. The fourth-order valence-electron chi connectivity index (χ4n) is 2.64. The molecular weight excluding hydrogens is 395 g/mol. The van der Waals surface area contributed by atoms with Crippen LogP contribution >= 0.6 is 11.6 Å². The zero-order chi connectivity index (χ0) is 20.2. The number of carbonyl (C=O) groups excluding carboxylic acids is 1. The van der Waals surface area contributed by atoms with Gasteiger partial charge in [-0.15, -0.1) is 0 Å². The lowest BCUT2D eigenvalue weighted by Crippen LogP contribution is -2.14. The molecule has 0 unspecified atom stereocenters. The molecule has 9 heteroatoms. The van der Waals surface area contributed by atoms with E-state index in [0.717, 1.165) is 5.69 Å². The van der Waals surface area contributed by atoms with Crippen LogP contribution in [-0.2, 0) is 0 Å². The maximum atomic E-state index is 13.9. The molecule has 0 saturated carbocycles. The van der Waals surface area contributed by atoms with Gasteiger partial charge in [0.25, 0.3) is 5.91 Å². The number of aromatic nitrogens is 4. The zero-order valence-corrected chi connectivity index (χ0v) is 15.6. The molecule has 2 heterocycles. The van der Waals surface area contributed by atoms with Gasteiger partial charge in [-0.25, -0.2) is 19.3 Å². The van der Waals surface area contributed by atoms with E-state index in [-0.39, 0.29) is 10.6 Å². The van der Waals surface area contributed by atoms with Gasteiger partial charge < -0.3 is 10.6 Å². The van der Waals surface area contributed by atoms with Crippen LogP contribution in [0, 0.1) is 5.82 Å². The molecule has 1 amide bonds. The quantitative estimate of drug-likeness (QED) is 0.509. The highest BCUT2D eigenvalue weighted by molar-refractivity contribution is 6.34. The van der Waals surface area contributed by atoms with Crippen LogP contribution in [0.15, 0.2) is 73.6 Å².